The Kier molecular flexibility index (Phi) is 3.70. The molecule has 22 heavy (non-hydrogen) atoms. The molecule has 0 atom stereocenters. The second kappa shape index (κ2) is 5.41. The molecule has 1 aromatic carbocycles. The third-order valence-electron chi connectivity index (χ3n) is 4.34. The number of aromatic nitrogens is 1. The first kappa shape index (κ1) is 15.1. The van der Waals surface area contributed by atoms with Gasteiger partial charge in [-0.1, -0.05) is 25.3 Å². The predicted octanol–water partition coefficient (Wildman–Crippen LogP) is 4.73. The van der Waals surface area contributed by atoms with Gasteiger partial charge in [-0.15, -0.1) is 0 Å². The van der Waals surface area contributed by atoms with Crippen LogP contribution in [0.2, 0.25) is 0 Å². The number of hydrogen-bond acceptors (Lipinski definition) is 1. The van der Waals surface area contributed by atoms with Crippen LogP contribution in [0.4, 0.5) is 17.6 Å². The average Bonchev–Trinajstić information content (AvgIpc) is 2.47. The van der Waals surface area contributed by atoms with Gasteiger partial charge in [0.25, 0.3) is 5.56 Å². The molecule has 1 heterocycles. The van der Waals surface area contributed by atoms with Crippen LogP contribution in [0.1, 0.15) is 49.1 Å². The molecule has 0 saturated heterocycles. The molecule has 2 aromatic rings. The number of pyridine rings is 1. The van der Waals surface area contributed by atoms with Crippen LogP contribution in [-0.2, 0) is 6.18 Å². The molecule has 3 rings (SSSR count). The van der Waals surface area contributed by atoms with Gasteiger partial charge in [0, 0.05) is 10.9 Å². The van der Waals surface area contributed by atoms with Gasteiger partial charge in [0.15, 0.2) is 0 Å². The molecular formula is C16H15F4NO. The molecule has 0 unspecified atom stereocenters. The van der Waals surface area contributed by atoms with E-state index in [0.717, 1.165) is 37.7 Å². The van der Waals surface area contributed by atoms with Crippen molar-refractivity contribution in [3.8, 4) is 0 Å². The van der Waals surface area contributed by atoms with Gasteiger partial charge < -0.3 is 4.98 Å². The Labute approximate surface area is 124 Å². The van der Waals surface area contributed by atoms with Crippen LogP contribution < -0.4 is 5.56 Å². The molecule has 0 spiro atoms. The fraction of sp³-hybridized carbons (Fsp3) is 0.438. The molecule has 1 saturated carbocycles. The molecule has 118 valence electrons. The zero-order valence-electron chi connectivity index (χ0n) is 11.8. The first-order valence-corrected chi connectivity index (χ1v) is 7.30. The highest BCUT2D eigenvalue weighted by Gasteiger charge is 2.38. The largest absolute Gasteiger partial charge is 0.420 e. The predicted molar refractivity (Wildman–Crippen MR) is 75.4 cm³/mol. The van der Waals surface area contributed by atoms with Crippen molar-refractivity contribution >= 4 is 10.9 Å². The Morgan fingerprint density at radius 2 is 1.77 bits per heavy atom. The Hall–Kier alpha value is -1.85. The molecule has 1 aromatic heterocycles. The minimum absolute atomic E-state index is 0.0123. The Morgan fingerprint density at radius 1 is 1.09 bits per heavy atom. The zero-order chi connectivity index (χ0) is 15.9. The first-order valence-electron chi connectivity index (χ1n) is 7.30. The van der Waals surface area contributed by atoms with E-state index in [1.165, 1.54) is 12.1 Å². The van der Waals surface area contributed by atoms with Gasteiger partial charge in [-0.2, -0.15) is 13.2 Å². The van der Waals surface area contributed by atoms with E-state index in [1.807, 2.05) is 0 Å². The topological polar surface area (TPSA) is 32.9 Å². The van der Waals surface area contributed by atoms with Crippen molar-refractivity contribution in [3.05, 3.63) is 45.5 Å². The fourth-order valence-corrected chi connectivity index (χ4v) is 3.25. The lowest BCUT2D eigenvalue weighted by Crippen LogP contribution is -2.20. The molecule has 0 bridgehead atoms. The second-order valence-corrected chi connectivity index (χ2v) is 5.78. The highest BCUT2D eigenvalue weighted by Crippen LogP contribution is 2.38. The minimum Gasteiger partial charge on any atom is -0.319 e. The molecular weight excluding hydrogens is 298 g/mol. The summed E-state index contributed by atoms with van der Waals surface area (Å²) in [5.74, 6) is -1.56. The summed E-state index contributed by atoms with van der Waals surface area (Å²) in [7, 11) is 0. The number of alkyl halides is 3. The third kappa shape index (κ3) is 2.62. The molecule has 1 aliphatic rings. The van der Waals surface area contributed by atoms with Crippen molar-refractivity contribution in [2.75, 3.05) is 0 Å². The summed E-state index contributed by atoms with van der Waals surface area (Å²) in [5.41, 5.74) is -2.02. The quantitative estimate of drug-likeness (QED) is 0.758. The number of nitrogens with one attached hydrogen (secondary N) is 1. The van der Waals surface area contributed by atoms with Crippen molar-refractivity contribution < 1.29 is 17.6 Å². The van der Waals surface area contributed by atoms with E-state index in [2.05, 4.69) is 4.98 Å². The molecule has 0 radical (unpaired) electrons. The van der Waals surface area contributed by atoms with E-state index in [9.17, 15) is 22.4 Å². The normalized spacial score (nSPS) is 17.1. The van der Waals surface area contributed by atoms with Crippen LogP contribution in [-0.4, -0.2) is 4.98 Å². The van der Waals surface area contributed by atoms with Crippen LogP contribution in [0, 0.1) is 5.82 Å². The maximum atomic E-state index is 13.7. The second-order valence-electron chi connectivity index (χ2n) is 5.78. The summed E-state index contributed by atoms with van der Waals surface area (Å²) in [4.78, 5) is 13.5. The highest BCUT2D eigenvalue weighted by atomic mass is 19.4. The lowest BCUT2D eigenvalue weighted by Gasteiger charge is -2.22. The summed E-state index contributed by atoms with van der Waals surface area (Å²) in [6.45, 7) is 0. The lowest BCUT2D eigenvalue weighted by atomic mass is 9.83. The number of halogens is 4. The standard InChI is InChI=1S/C16H15F4NO/c17-14-13(16(18,19)20)11-8-10(9-4-2-1-3-5-9)6-7-12(11)21-15(14)22/h6-9H,1-5H2,(H,21,22). The van der Waals surface area contributed by atoms with Gasteiger partial charge in [0.1, 0.15) is 5.56 Å². The number of fused-ring (bicyclic) bond motifs is 1. The smallest absolute Gasteiger partial charge is 0.319 e. The number of rotatable bonds is 1. The Bertz CT molecular complexity index is 757. The van der Waals surface area contributed by atoms with Crippen LogP contribution in [0.15, 0.2) is 23.0 Å². The van der Waals surface area contributed by atoms with Gasteiger partial charge in [-0.25, -0.2) is 4.39 Å². The fourth-order valence-electron chi connectivity index (χ4n) is 3.25. The average molecular weight is 313 g/mol. The molecule has 1 N–H and O–H groups in total. The van der Waals surface area contributed by atoms with Crippen LogP contribution in [0.3, 0.4) is 0 Å². The summed E-state index contributed by atoms with van der Waals surface area (Å²) >= 11 is 0. The first-order chi connectivity index (χ1) is 10.4. The Balaban J connectivity index is 2.21. The van der Waals surface area contributed by atoms with Crippen molar-refractivity contribution in [2.45, 2.75) is 44.2 Å². The van der Waals surface area contributed by atoms with Crippen molar-refractivity contribution in [1.82, 2.24) is 4.98 Å². The maximum absolute atomic E-state index is 13.7. The van der Waals surface area contributed by atoms with Crippen LogP contribution >= 0.6 is 0 Å². The van der Waals surface area contributed by atoms with Crippen molar-refractivity contribution in [1.29, 1.82) is 0 Å². The molecule has 1 fully saturated rings. The van der Waals surface area contributed by atoms with E-state index >= 15 is 0 Å². The number of hydrogen-bond donors (Lipinski definition) is 1. The molecule has 0 amide bonds. The van der Waals surface area contributed by atoms with Crippen molar-refractivity contribution in [3.63, 3.8) is 0 Å². The van der Waals surface area contributed by atoms with Crippen LogP contribution in [0.5, 0.6) is 0 Å². The van der Waals surface area contributed by atoms with Crippen LogP contribution in [0.25, 0.3) is 10.9 Å². The SMILES string of the molecule is O=c1[nH]c2ccc(C3CCCCC3)cc2c(C(F)(F)F)c1F. The van der Waals surface area contributed by atoms with Gasteiger partial charge in [-0.05, 0) is 36.5 Å². The zero-order valence-corrected chi connectivity index (χ0v) is 11.8. The summed E-state index contributed by atoms with van der Waals surface area (Å²) in [6.07, 6.45) is 0.197. The van der Waals surface area contributed by atoms with Gasteiger partial charge in [-0.3, -0.25) is 4.79 Å². The van der Waals surface area contributed by atoms with E-state index in [4.69, 9.17) is 0 Å². The number of benzene rings is 1. The van der Waals surface area contributed by atoms with Gasteiger partial charge >= 0.3 is 6.18 Å². The Morgan fingerprint density at radius 3 is 2.41 bits per heavy atom. The van der Waals surface area contributed by atoms with Crippen molar-refractivity contribution in [2.24, 2.45) is 0 Å². The van der Waals surface area contributed by atoms with E-state index < -0.39 is 23.1 Å². The lowest BCUT2D eigenvalue weighted by molar-refractivity contribution is -0.138. The monoisotopic (exact) mass is 313 g/mol. The number of aromatic amines is 1. The highest BCUT2D eigenvalue weighted by molar-refractivity contribution is 5.83. The van der Waals surface area contributed by atoms with Gasteiger partial charge in [0.05, 0.1) is 0 Å². The minimum atomic E-state index is -4.90. The van der Waals surface area contributed by atoms with E-state index in [1.54, 1.807) is 6.07 Å². The molecule has 1 aliphatic carbocycles. The van der Waals surface area contributed by atoms with E-state index in [-0.39, 0.29) is 16.8 Å². The molecule has 2 nitrogen and oxygen atoms in total. The maximum Gasteiger partial charge on any atom is 0.420 e. The summed E-state index contributed by atoms with van der Waals surface area (Å²) < 4.78 is 53.2. The van der Waals surface area contributed by atoms with Gasteiger partial charge in [0.2, 0.25) is 5.82 Å². The molecule has 6 heteroatoms. The number of H-pyrrole nitrogens is 1. The summed E-state index contributed by atoms with van der Waals surface area (Å²) in [5, 5.41) is -0.271. The summed E-state index contributed by atoms with van der Waals surface area (Å²) in [6, 6.07) is 4.55. The molecule has 0 aliphatic heterocycles. The third-order valence-corrected chi connectivity index (χ3v) is 4.34. The van der Waals surface area contributed by atoms with E-state index in [0.29, 0.717) is 0 Å².